The number of benzene rings is 1. The van der Waals surface area contributed by atoms with Crippen molar-refractivity contribution in [1.29, 1.82) is 0 Å². The zero-order valence-electron chi connectivity index (χ0n) is 11.2. The van der Waals surface area contributed by atoms with E-state index in [2.05, 4.69) is 15.9 Å². The van der Waals surface area contributed by atoms with Gasteiger partial charge in [-0.3, -0.25) is 0 Å². The van der Waals surface area contributed by atoms with Crippen LogP contribution in [0.25, 0.3) is 0 Å². The number of nitrogens with zero attached hydrogens (tertiary/aromatic N) is 1. The van der Waals surface area contributed by atoms with Crippen LogP contribution in [0.2, 0.25) is 0 Å². The summed E-state index contributed by atoms with van der Waals surface area (Å²) in [5, 5.41) is 0.565. The highest BCUT2D eigenvalue weighted by Crippen LogP contribution is 2.20. The lowest BCUT2D eigenvalue weighted by Crippen LogP contribution is -2.30. The number of alkyl halides is 3. The van der Waals surface area contributed by atoms with E-state index in [9.17, 15) is 17.2 Å². The Morgan fingerprint density at radius 1 is 1.25 bits per heavy atom. The maximum atomic E-state index is 12.5. The topological polar surface area (TPSA) is 37.4 Å². The van der Waals surface area contributed by atoms with Gasteiger partial charge >= 0.3 is 0 Å². The summed E-state index contributed by atoms with van der Waals surface area (Å²) in [5.41, 5.74) is 0.597. The van der Waals surface area contributed by atoms with Gasteiger partial charge in [-0.05, 0) is 30.7 Å². The van der Waals surface area contributed by atoms with E-state index in [1.165, 1.54) is 17.0 Å². The summed E-state index contributed by atoms with van der Waals surface area (Å²) in [6.07, 6.45) is -1.89. The van der Waals surface area contributed by atoms with Gasteiger partial charge in [-0.25, -0.2) is 17.2 Å². The van der Waals surface area contributed by atoms with Gasteiger partial charge in [0.2, 0.25) is 0 Å². The molecule has 0 saturated carbocycles. The van der Waals surface area contributed by atoms with Crippen LogP contribution in [0.5, 0.6) is 0 Å². The van der Waals surface area contributed by atoms with Crippen LogP contribution < -0.4 is 4.90 Å². The molecular formula is C13H18BrF2NO2S. The second kappa shape index (κ2) is 7.93. The molecule has 0 heterocycles. The van der Waals surface area contributed by atoms with Crippen molar-refractivity contribution in [2.75, 3.05) is 29.1 Å². The van der Waals surface area contributed by atoms with Crippen molar-refractivity contribution in [2.45, 2.75) is 24.7 Å². The van der Waals surface area contributed by atoms with Crippen LogP contribution in [0.1, 0.15) is 13.3 Å². The maximum absolute atomic E-state index is 12.5. The van der Waals surface area contributed by atoms with Crippen LogP contribution in [0, 0.1) is 0 Å². The van der Waals surface area contributed by atoms with Crippen molar-refractivity contribution in [3.05, 3.63) is 24.3 Å². The molecule has 0 unspecified atom stereocenters. The van der Waals surface area contributed by atoms with Crippen LogP contribution in [-0.2, 0) is 9.84 Å². The lowest BCUT2D eigenvalue weighted by atomic mass is 10.3. The number of halogens is 3. The fraction of sp³-hybridized carbons (Fsp3) is 0.538. The van der Waals surface area contributed by atoms with Crippen LogP contribution in [0.15, 0.2) is 29.2 Å². The van der Waals surface area contributed by atoms with Crippen LogP contribution in [0.3, 0.4) is 0 Å². The summed E-state index contributed by atoms with van der Waals surface area (Å²) in [4.78, 5) is 1.76. The quantitative estimate of drug-likeness (QED) is 0.659. The van der Waals surface area contributed by atoms with Crippen LogP contribution >= 0.6 is 15.9 Å². The molecule has 0 N–H and O–H groups in total. The van der Waals surface area contributed by atoms with Gasteiger partial charge in [0.25, 0.3) is 6.43 Å². The van der Waals surface area contributed by atoms with E-state index in [4.69, 9.17) is 0 Å². The zero-order valence-corrected chi connectivity index (χ0v) is 13.6. The third-order valence-corrected chi connectivity index (χ3v) is 5.04. The summed E-state index contributed by atoms with van der Waals surface area (Å²) < 4.78 is 48.8. The van der Waals surface area contributed by atoms with Gasteiger partial charge in [0.05, 0.1) is 17.2 Å². The molecule has 0 fully saturated rings. The predicted molar refractivity (Wildman–Crippen MR) is 80.8 cm³/mol. The SMILES string of the molecule is CCCS(=O)(=O)c1ccc(N(CCBr)CC(F)F)cc1. The molecular weight excluding hydrogens is 352 g/mol. The summed E-state index contributed by atoms with van der Waals surface area (Å²) in [7, 11) is -3.26. The Balaban J connectivity index is 2.93. The summed E-state index contributed by atoms with van der Waals surface area (Å²) in [6.45, 7) is 1.87. The Kier molecular flexibility index (Phi) is 6.88. The third-order valence-electron chi connectivity index (χ3n) is 2.75. The molecule has 0 bridgehead atoms. The van der Waals surface area contributed by atoms with E-state index >= 15 is 0 Å². The normalized spacial score (nSPS) is 11.8. The van der Waals surface area contributed by atoms with E-state index in [0.29, 0.717) is 24.0 Å². The van der Waals surface area contributed by atoms with E-state index < -0.39 is 16.3 Å². The first-order valence-corrected chi connectivity index (χ1v) is 9.10. The minimum atomic E-state index is -3.26. The number of hydrogen-bond acceptors (Lipinski definition) is 3. The van der Waals surface area contributed by atoms with E-state index in [1.807, 2.05) is 0 Å². The highest BCUT2D eigenvalue weighted by Gasteiger charge is 2.15. The molecule has 1 aromatic rings. The largest absolute Gasteiger partial charge is 0.365 e. The minimum Gasteiger partial charge on any atom is -0.365 e. The summed E-state index contributed by atoms with van der Waals surface area (Å²) in [5.74, 6) is 0.0918. The standard InChI is InChI=1S/C13H18BrF2NO2S/c1-2-9-20(18,19)12-5-3-11(4-6-12)17(8-7-14)10-13(15)16/h3-6,13H,2,7-10H2,1H3. The smallest absolute Gasteiger partial charge is 0.255 e. The Hall–Kier alpha value is -0.690. The molecule has 0 aromatic heterocycles. The average Bonchev–Trinajstić information content (AvgIpc) is 2.38. The maximum Gasteiger partial charge on any atom is 0.255 e. The Labute approximate surface area is 127 Å². The molecule has 0 amide bonds. The highest BCUT2D eigenvalue weighted by atomic mass is 79.9. The second-order valence-electron chi connectivity index (χ2n) is 4.34. The van der Waals surface area contributed by atoms with Crippen molar-refractivity contribution in [1.82, 2.24) is 0 Å². The molecule has 1 rings (SSSR count). The lowest BCUT2D eigenvalue weighted by molar-refractivity contribution is 0.155. The first-order chi connectivity index (χ1) is 9.40. The number of sulfone groups is 1. The van der Waals surface area contributed by atoms with E-state index in [0.717, 1.165) is 0 Å². The van der Waals surface area contributed by atoms with Gasteiger partial charge in [-0.2, -0.15) is 0 Å². The van der Waals surface area contributed by atoms with Crippen LogP contribution in [0.4, 0.5) is 14.5 Å². The van der Waals surface area contributed by atoms with Gasteiger partial charge in [0, 0.05) is 17.6 Å². The Bertz CT molecular complexity index is 506. The summed E-state index contributed by atoms with van der Waals surface area (Å²) >= 11 is 3.22. The van der Waals surface area contributed by atoms with Crippen LogP contribution in [-0.4, -0.2) is 39.0 Å². The van der Waals surface area contributed by atoms with Gasteiger partial charge in [0.15, 0.2) is 9.84 Å². The molecule has 3 nitrogen and oxygen atoms in total. The lowest BCUT2D eigenvalue weighted by Gasteiger charge is -2.23. The third kappa shape index (κ3) is 5.01. The van der Waals surface area contributed by atoms with E-state index in [-0.39, 0.29) is 17.2 Å². The Morgan fingerprint density at radius 2 is 1.85 bits per heavy atom. The van der Waals surface area contributed by atoms with Crippen molar-refractivity contribution in [3.63, 3.8) is 0 Å². The van der Waals surface area contributed by atoms with Crippen molar-refractivity contribution in [3.8, 4) is 0 Å². The molecule has 0 aliphatic heterocycles. The van der Waals surface area contributed by atoms with Gasteiger partial charge in [-0.1, -0.05) is 22.9 Å². The van der Waals surface area contributed by atoms with Gasteiger partial charge < -0.3 is 4.90 Å². The molecule has 0 radical (unpaired) electrons. The molecule has 0 aliphatic rings. The molecule has 0 spiro atoms. The number of anilines is 1. The summed E-state index contributed by atoms with van der Waals surface area (Å²) in [6, 6.07) is 6.11. The van der Waals surface area contributed by atoms with Crippen molar-refractivity contribution < 1.29 is 17.2 Å². The zero-order chi connectivity index (χ0) is 15.2. The fourth-order valence-electron chi connectivity index (χ4n) is 1.85. The average molecular weight is 370 g/mol. The van der Waals surface area contributed by atoms with Gasteiger partial charge in [0.1, 0.15) is 0 Å². The first-order valence-electron chi connectivity index (χ1n) is 6.32. The minimum absolute atomic E-state index is 0.0918. The Morgan fingerprint density at radius 3 is 2.30 bits per heavy atom. The van der Waals surface area contributed by atoms with Gasteiger partial charge in [-0.15, -0.1) is 0 Å². The highest BCUT2D eigenvalue weighted by molar-refractivity contribution is 9.09. The van der Waals surface area contributed by atoms with Crippen molar-refractivity contribution in [2.24, 2.45) is 0 Å². The predicted octanol–water partition coefficient (Wildman–Crippen LogP) is 3.34. The molecule has 20 heavy (non-hydrogen) atoms. The number of hydrogen-bond donors (Lipinski definition) is 0. The molecule has 0 saturated heterocycles. The van der Waals surface area contributed by atoms with E-state index in [1.54, 1.807) is 19.1 Å². The van der Waals surface area contributed by atoms with Crippen molar-refractivity contribution >= 4 is 31.5 Å². The fourth-order valence-corrected chi connectivity index (χ4v) is 3.60. The first kappa shape index (κ1) is 17.4. The molecule has 114 valence electrons. The monoisotopic (exact) mass is 369 g/mol. The second-order valence-corrected chi connectivity index (χ2v) is 7.24. The molecule has 7 heteroatoms. The molecule has 0 atom stereocenters. The molecule has 0 aliphatic carbocycles. The number of rotatable bonds is 8. The molecule has 1 aromatic carbocycles.